The van der Waals surface area contributed by atoms with Crippen molar-refractivity contribution in [1.82, 2.24) is 20.1 Å². The molecule has 26 heavy (non-hydrogen) atoms. The summed E-state index contributed by atoms with van der Waals surface area (Å²) in [6.07, 6.45) is 1.66. The fourth-order valence-corrected chi connectivity index (χ4v) is 3.46. The summed E-state index contributed by atoms with van der Waals surface area (Å²) in [5.74, 6) is 1.01. The molecule has 1 aliphatic heterocycles. The lowest BCUT2D eigenvalue weighted by Gasteiger charge is -2.28. The monoisotopic (exact) mass is 373 g/mol. The summed E-state index contributed by atoms with van der Waals surface area (Å²) < 4.78 is 7.46. The second kappa shape index (κ2) is 8.86. The smallest absolute Gasteiger partial charge is 0.232 e. The number of thioether (sulfide) groups is 1. The highest BCUT2D eigenvalue weighted by molar-refractivity contribution is 7.99. The van der Waals surface area contributed by atoms with Crippen LogP contribution in [0.5, 0.6) is 0 Å². The van der Waals surface area contributed by atoms with Crippen molar-refractivity contribution >= 4 is 23.6 Å². The van der Waals surface area contributed by atoms with Gasteiger partial charge in [0.1, 0.15) is 0 Å². The van der Waals surface area contributed by atoms with E-state index < -0.39 is 0 Å². The first-order valence-electron chi connectivity index (χ1n) is 8.54. The zero-order valence-electron chi connectivity index (χ0n) is 14.9. The number of carbonyl (C=O) groups is 1. The van der Waals surface area contributed by atoms with Crippen molar-refractivity contribution in [1.29, 1.82) is 0 Å². The molecule has 138 valence electrons. The van der Waals surface area contributed by atoms with Gasteiger partial charge in [-0.3, -0.25) is 9.36 Å². The van der Waals surface area contributed by atoms with Crippen molar-refractivity contribution in [3.8, 4) is 5.69 Å². The van der Waals surface area contributed by atoms with Crippen LogP contribution in [0.25, 0.3) is 5.69 Å². The Morgan fingerprint density at radius 2 is 2.19 bits per heavy atom. The Balaban J connectivity index is 1.87. The summed E-state index contributed by atoms with van der Waals surface area (Å²) in [5, 5.41) is 12.2. The molecule has 0 radical (unpaired) electrons. The van der Waals surface area contributed by atoms with Crippen LogP contribution >= 0.6 is 11.8 Å². The summed E-state index contributed by atoms with van der Waals surface area (Å²) in [6, 6.07) is 8.19. The Bertz CT molecular complexity index is 771. The number of benzene rings is 1. The first-order chi connectivity index (χ1) is 12.7. The minimum atomic E-state index is -0.0541. The molecule has 2 heterocycles. The zero-order chi connectivity index (χ0) is 18.4. The van der Waals surface area contributed by atoms with Crippen LogP contribution in [0.3, 0.4) is 0 Å². The standard InChI is InChI=1S/C18H23N5O2S/c1-3-7-19-16(24)13-26-18-21-20-17(22-8-10-25-11-9-22)23(18)15-6-4-5-14(2)12-15/h3-6,12H,1,7-11,13H2,2H3,(H,19,24). The molecular weight excluding hydrogens is 350 g/mol. The molecule has 3 rings (SSSR count). The van der Waals surface area contributed by atoms with E-state index in [1.54, 1.807) is 6.08 Å². The molecule has 1 aromatic carbocycles. The van der Waals surface area contributed by atoms with E-state index in [4.69, 9.17) is 4.74 Å². The van der Waals surface area contributed by atoms with Gasteiger partial charge in [-0.15, -0.1) is 16.8 Å². The summed E-state index contributed by atoms with van der Waals surface area (Å²) >= 11 is 1.38. The van der Waals surface area contributed by atoms with Crippen LogP contribution in [0, 0.1) is 6.92 Å². The van der Waals surface area contributed by atoms with E-state index in [-0.39, 0.29) is 11.7 Å². The molecule has 0 saturated carbocycles. The highest BCUT2D eigenvalue weighted by Gasteiger charge is 2.22. The van der Waals surface area contributed by atoms with Gasteiger partial charge < -0.3 is 15.0 Å². The molecule has 0 atom stereocenters. The highest BCUT2D eigenvalue weighted by atomic mass is 32.2. The van der Waals surface area contributed by atoms with Crippen LogP contribution in [0.2, 0.25) is 0 Å². The van der Waals surface area contributed by atoms with Crippen LogP contribution in [0.15, 0.2) is 42.1 Å². The van der Waals surface area contributed by atoms with E-state index in [1.807, 2.05) is 16.7 Å². The third kappa shape index (κ3) is 4.44. The number of aromatic nitrogens is 3. The van der Waals surface area contributed by atoms with Gasteiger partial charge in [-0.05, 0) is 24.6 Å². The van der Waals surface area contributed by atoms with Crippen molar-refractivity contribution in [3.05, 3.63) is 42.5 Å². The van der Waals surface area contributed by atoms with E-state index in [0.717, 1.165) is 30.3 Å². The van der Waals surface area contributed by atoms with Crippen LogP contribution in [0.1, 0.15) is 5.56 Å². The van der Waals surface area contributed by atoms with E-state index in [1.165, 1.54) is 11.8 Å². The Hall–Kier alpha value is -2.32. The molecule has 2 aromatic rings. The number of anilines is 1. The minimum Gasteiger partial charge on any atom is -0.378 e. The van der Waals surface area contributed by atoms with Crippen molar-refractivity contribution in [3.63, 3.8) is 0 Å². The predicted octanol–water partition coefficient (Wildman–Crippen LogP) is 1.81. The lowest BCUT2D eigenvalue weighted by molar-refractivity contribution is -0.118. The lowest BCUT2D eigenvalue weighted by Crippen LogP contribution is -2.37. The van der Waals surface area contributed by atoms with Crippen molar-refractivity contribution < 1.29 is 9.53 Å². The highest BCUT2D eigenvalue weighted by Crippen LogP contribution is 2.27. The first kappa shape index (κ1) is 18.5. The zero-order valence-corrected chi connectivity index (χ0v) is 15.7. The number of rotatable bonds is 7. The van der Waals surface area contributed by atoms with Gasteiger partial charge in [-0.1, -0.05) is 30.0 Å². The minimum absolute atomic E-state index is 0.0541. The summed E-state index contributed by atoms with van der Waals surface area (Å²) in [6.45, 7) is 9.01. The number of hydrogen-bond acceptors (Lipinski definition) is 6. The fourth-order valence-electron chi connectivity index (χ4n) is 2.68. The molecule has 0 spiro atoms. The molecule has 1 fully saturated rings. The van der Waals surface area contributed by atoms with E-state index in [2.05, 4.69) is 46.0 Å². The van der Waals surface area contributed by atoms with Crippen molar-refractivity contribution in [2.45, 2.75) is 12.1 Å². The number of amides is 1. The molecular formula is C18H23N5O2S. The molecule has 0 aliphatic carbocycles. The number of morpholine rings is 1. The van der Waals surface area contributed by atoms with E-state index >= 15 is 0 Å². The second-order valence-electron chi connectivity index (χ2n) is 5.94. The van der Waals surface area contributed by atoms with Crippen LogP contribution in [-0.4, -0.2) is 59.3 Å². The predicted molar refractivity (Wildman–Crippen MR) is 103 cm³/mol. The number of nitrogens with one attached hydrogen (secondary N) is 1. The molecule has 1 saturated heterocycles. The Labute approximate surface area is 157 Å². The van der Waals surface area contributed by atoms with Gasteiger partial charge in [0.05, 0.1) is 24.7 Å². The van der Waals surface area contributed by atoms with Crippen LogP contribution < -0.4 is 10.2 Å². The number of nitrogens with zero attached hydrogens (tertiary/aromatic N) is 4. The maximum absolute atomic E-state index is 11.9. The Morgan fingerprint density at radius 3 is 2.92 bits per heavy atom. The molecule has 7 nitrogen and oxygen atoms in total. The Kier molecular flexibility index (Phi) is 6.30. The number of aryl methyl sites for hydroxylation is 1. The third-order valence-electron chi connectivity index (χ3n) is 3.95. The van der Waals surface area contributed by atoms with E-state index in [0.29, 0.717) is 24.9 Å². The molecule has 1 amide bonds. The van der Waals surface area contributed by atoms with Gasteiger partial charge in [-0.25, -0.2) is 0 Å². The molecule has 8 heteroatoms. The van der Waals surface area contributed by atoms with Gasteiger partial charge in [0.25, 0.3) is 0 Å². The average Bonchev–Trinajstić information content (AvgIpc) is 3.09. The Morgan fingerprint density at radius 1 is 1.38 bits per heavy atom. The normalized spacial score (nSPS) is 14.3. The summed E-state index contributed by atoms with van der Waals surface area (Å²) in [4.78, 5) is 14.1. The molecule has 1 aromatic heterocycles. The van der Waals surface area contributed by atoms with Gasteiger partial charge >= 0.3 is 0 Å². The number of carbonyl (C=O) groups excluding carboxylic acids is 1. The number of ether oxygens (including phenoxy) is 1. The maximum atomic E-state index is 11.9. The van der Waals surface area contributed by atoms with Gasteiger partial charge in [0.15, 0.2) is 5.16 Å². The van der Waals surface area contributed by atoms with E-state index in [9.17, 15) is 4.79 Å². The lowest BCUT2D eigenvalue weighted by atomic mass is 10.2. The topological polar surface area (TPSA) is 72.3 Å². The number of hydrogen-bond donors (Lipinski definition) is 1. The SMILES string of the molecule is C=CCNC(=O)CSc1nnc(N2CCOCC2)n1-c1cccc(C)c1. The largest absolute Gasteiger partial charge is 0.378 e. The van der Waals surface area contributed by atoms with Gasteiger partial charge in [0, 0.05) is 19.6 Å². The molecule has 0 bridgehead atoms. The fraction of sp³-hybridized carbons (Fsp3) is 0.389. The van der Waals surface area contributed by atoms with Crippen molar-refractivity contribution in [2.75, 3.05) is 43.5 Å². The molecule has 1 N–H and O–H groups in total. The summed E-state index contributed by atoms with van der Waals surface area (Å²) in [5.41, 5.74) is 2.15. The van der Waals surface area contributed by atoms with Crippen molar-refractivity contribution in [2.24, 2.45) is 0 Å². The van der Waals surface area contributed by atoms with Crippen LogP contribution in [-0.2, 0) is 9.53 Å². The van der Waals surface area contributed by atoms with Crippen LogP contribution in [0.4, 0.5) is 5.95 Å². The first-order valence-corrected chi connectivity index (χ1v) is 9.53. The quantitative estimate of drug-likeness (QED) is 0.589. The second-order valence-corrected chi connectivity index (χ2v) is 6.88. The van der Waals surface area contributed by atoms with Gasteiger partial charge in [-0.2, -0.15) is 0 Å². The molecule has 0 unspecified atom stereocenters. The third-order valence-corrected chi connectivity index (χ3v) is 4.87. The van der Waals surface area contributed by atoms with Gasteiger partial charge in [0.2, 0.25) is 11.9 Å². The average molecular weight is 373 g/mol. The maximum Gasteiger partial charge on any atom is 0.232 e. The summed E-state index contributed by atoms with van der Waals surface area (Å²) in [7, 11) is 0. The molecule has 1 aliphatic rings.